The molecule has 0 aromatic rings. The van der Waals surface area contributed by atoms with E-state index < -0.39 is 46.1 Å². The van der Waals surface area contributed by atoms with Crippen molar-refractivity contribution in [2.45, 2.75) is 50.0 Å². The minimum absolute atomic E-state index is 0.000791. The van der Waals surface area contributed by atoms with E-state index >= 15 is 0 Å². The zero-order valence-corrected chi connectivity index (χ0v) is 15.6. The van der Waals surface area contributed by atoms with Crippen LogP contribution in [0.5, 0.6) is 0 Å². The largest absolute Gasteiger partial charge is 0.346 e. The Balaban J connectivity index is 1.77. The summed E-state index contributed by atoms with van der Waals surface area (Å²) in [6, 6.07) is 0. The topological polar surface area (TPSA) is 127 Å². The molecule has 2 rings (SSSR count). The summed E-state index contributed by atoms with van der Waals surface area (Å²) in [4.78, 5) is 79.0. The van der Waals surface area contributed by atoms with Gasteiger partial charge in [-0.1, -0.05) is 21.6 Å². The Labute approximate surface area is 156 Å². The molecule has 142 valence electrons. The minimum Gasteiger partial charge on any atom is -0.329 e. The number of amides is 4. The van der Waals surface area contributed by atoms with Gasteiger partial charge in [0, 0.05) is 25.7 Å². The molecule has 2 saturated heterocycles. The predicted octanol–water partition coefficient (Wildman–Crippen LogP) is 0.359. The molecular formula is C14H16N2O8S2. The van der Waals surface area contributed by atoms with Crippen LogP contribution in [0.25, 0.3) is 0 Å². The average molecular weight is 404 g/mol. The first-order valence-electron chi connectivity index (χ1n) is 7.68. The number of hydrogen-bond acceptors (Lipinski definition) is 10. The molecule has 0 aromatic carbocycles. The van der Waals surface area contributed by atoms with Gasteiger partial charge in [0.15, 0.2) is 0 Å². The third-order valence-corrected chi connectivity index (χ3v) is 6.52. The Kier molecular flexibility index (Phi) is 6.64. The SMILES string of the molecule is CC(SSC(C)C(=O)ON1C(=O)CCC1=O)C(=O)ON1C(=O)CCC1=O. The summed E-state index contributed by atoms with van der Waals surface area (Å²) < 4.78 is 0. The maximum atomic E-state index is 11.9. The summed E-state index contributed by atoms with van der Waals surface area (Å²) in [6.07, 6.45) is -0.00317. The van der Waals surface area contributed by atoms with Crippen molar-refractivity contribution in [2.24, 2.45) is 0 Å². The highest BCUT2D eigenvalue weighted by Crippen LogP contribution is 2.33. The van der Waals surface area contributed by atoms with Crippen LogP contribution in [-0.2, 0) is 38.4 Å². The molecule has 0 N–H and O–H groups in total. The average Bonchev–Trinajstić information content (AvgIpc) is 3.09. The number of rotatable bonds is 7. The van der Waals surface area contributed by atoms with Crippen molar-refractivity contribution in [3.8, 4) is 0 Å². The molecule has 10 nitrogen and oxygen atoms in total. The van der Waals surface area contributed by atoms with E-state index in [0.717, 1.165) is 21.6 Å². The highest BCUT2D eigenvalue weighted by molar-refractivity contribution is 8.77. The Bertz CT molecular complexity index is 579. The molecule has 0 bridgehead atoms. The van der Waals surface area contributed by atoms with Crippen LogP contribution in [-0.4, -0.2) is 56.2 Å². The van der Waals surface area contributed by atoms with E-state index in [2.05, 4.69) is 0 Å². The summed E-state index contributed by atoms with van der Waals surface area (Å²) in [6.45, 7) is 2.97. The first kappa shape index (κ1) is 20.2. The molecule has 4 amide bonds. The summed E-state index contributed by atoms with van der Waals surface area (Å²) in [5.74, 6) is -3.93. The Morgan fingerprint density at radius 3 is 1.27 bits per heavy atom. The van der Waals surface area contributed by atoms with E-state index in [9.17, 15) is 28.8 Å². The van der Waals surface area contributed by atoms with Crippen molar-refractivity contribution < 1.29 is 38.4 Å². The Hall–Kier alpha value is -2.08. The van der Waals surface area contributed by atoms with Crippen molar-refractivity contribution in [3.63, 3.8) is 0 Å². The molecule has 0 radical (unpaired) electrons. The van der Waals surface area contributed by atoms with Gasteiger partial charge in [0.1, 0.15) is 10.5 Å². The fourth-order valence-electron chi connectivity index (χ4n) is 1.89. The lowest BCUT2D eigenvalue weighted by molar-refractivity contribution is -0.196. The molecule has 2 aliphatic heterocycles. The van der Waals surface area contributed by atoms with E-state index in [1.165, 1.54) is 13.8 Å². The molecule has 26 heavy (non-hydrogen) atoms. The van der Waals surface area contributed by atoms with Gasteiger partial charge >= 0.3 is 11.9 Å². The molecule has 0 saturated carbocycles. The van der Waals surface area contributed by atoms with Gasteiger partial charge in [-0.25, -0.2) is 9.59 Å². The van der Waals surface area contributed by atoms with Gasteiger partial charge in [-0.15, -0.1) is 10.1 Å². The lowest BCUT2D eigenvalue weighted by Gasteiger charge is -2.18. The van der Waals surface area contributed by atoms with Crippen LogP contribution >= 0.6 is 21.6 Å². The number of carbonyl (C=O) groups is 6. The minimum atomic E-state index is -0.809. The summed E-state index contributed by atoms with van der Waals surface area (Å²) in [5.41, 5.74) is 0. The fraction of sp³-hybridized carbons (Fsp3) is 0.571. The van der Waals surface area contributed by atoms with E-state index in [-0.39, 0.29) is 25.7 Å². The standard InChI is InChI=1S/C14H16N2O8S2/c1-7(13(21)23-15-9(17)3-4-10(15)18)25-26-8(2)14(22)24-16-11(19)5-6-12(16)20/h7-8H,3-6H2,1-2H3. The first-order chi connectivity index (χ1) is 12.2. The Morgan fingerprint density at radius 1 is 0.731 bits per heavy atom. The molecule has 12 heteroatoms. The number of nitrogens with zero attached hydrogens (tertiary/aromatic N) is 2. The zero-order chi connectivity index (χ0) is 19.4. The molecule has 2 aliphatic rings. The first-order valence-corrected chi connectivity index (χ1v) is 9.95. The van der Waals surface area contributed by atoms with E-state index in [0.29, 0.717) is 10.1 Å². The second-order valence-electron chi connectivity index (χ2n) is 5.46. The fourth-order valence-corrected chi connectivity index (χ4v) is 3.94. The van der Waals surface area contributed by atoms with E-state index in [4.69, 9.17) is 9.68 Å². The molecular weight excluding hydrogens is 388 g/mol. The van der Waals surface area contributed by atoms with Gasteiger partial charge in [-0.2, -0.15) is 0 Å². The summed E-state index contributed by atoms with van der Waals surface area (Å²) >= 11 is 0. The van der Waals surface area contributed by atoms with Gasteiger partial charge in [-0.3, -0.25) is 19.2 Å². The van der Waals surface area contributed by atoms with Crippen molar-refractivity contribution in [1.29, 1.82) is 0 Å². The molecule has 2 unspecified atom stereocenters. The van der Waals surface area contributed by atoms with Crippen LogP contribution in [0.3, 0.4) is 0 Å². The van der Waals surface area contributed by atoms with Crippen LogP contribution in [0, 0.1) is 0 Å². The zero-order valence-electron chi connectivity index (χ0n) is 14.0. The monoisotopic (exact) mass is 404 g/mol. The summed E-state index contributed by atoms with van der Waals surface area (Å²) in [5, 5.41) is -0.670. The van der Waals surface area contributed by atoms with Gasteiger partial charge in [0.25, 0.3) is 23.6 Å². The second-order valence-corrected chi connectivity index (χ2v) is 8.42. The van der Waals surface area contributed by atoms with Crippen molar-refractivity contribution in [3.05, 3.63) is 0 Å². The number of carbonyl (C=O) groups excluding carboxylic acids is 6. The van der Waals surface area contributed by atoms with Crippen LogP contribution in [0.2, 0.25) is 0 Å². The van der Waals surface area contributed by atoms with Crippen LogP contribution in [0.15, 0.2) is 0 Å². The number of hydrogen-bond donors (Lipinski definition) is 0. The smallest absolute Gasteiger partial charge is 0.329 e. The molecule has 2 atom stereocenters. The van der Waals surface area contributed by atoms with E-state index in [1.807, 2.05) is 0 Å². The predicted molar refractivity (Wildman–Crippen MR) is 88.5 cm³/mol. The quantitative estimate of drug-likeness (QED) is 0.433. The lowest BCUT2D eigenvalue weighted by atomic mass is 10.4. The highest BCUT2D eigenvalue weighted by atomic mass is 33.1. The number of imide groups is 2. The van der Waals surface area contributed by atoms with Crippen LogP contribution in [0.1, 0.15) is 39.5 Å². The molecule has 0 aromatic heterocycles. The van der Waals surface area contributed by atoms with Crippen LogP contribution < -0.4 is 0 Å². The molecule has 0 aliphatic carbocycles. The third kappa shape index (κ3) is 4.75. The maximum Gasteiger partial charge on any atom is 0.346 e. The van der Waals surface area contributed by atoms with Gasteiger partial charge in [0.2, 0.25) is 0 Å². The van der Waals surface area contributed by atoms with Crippen molar-refractivity contribution in [1.82, 2.24) is 10.1 Å². The van der Waals surface area contributed by atoms with Crippen molar-refractivity contribution >= 4 is 57.2 Å². The Morgan fingerprint density at radius 2 is 1.00 bits per heavy atom. The molecule has 2 fully saturated rings. The van der Waals surface area contributed by atoms with Gasteiger partial charge < -0.3 is 9.68 Å². The normalized spacial score (nSPS) is 19.8. The van der Waals surface area contributed by atoms with Gasteiger partial charge in [-0.05, 0) is 13.8 Å². The maximum absolute atomic E-state index is 11.9. The van der Waals surface area contributed by atoms with E-state index in [1.54, 1.807) is 0 Å². The van der Waals surface area contributed by atoms with Crippen LogP contribution in [0.4, 0.5) is 0 Å². The number of hydroxylamine groups is 4. The third-order valence-electron chi connectivity index (χ3n) is 3.38. The lowest BCUT2D eigenvalue weighted by Crippen LogP contribution is -2.35. The second kappa shape index (κ2) is 8.54. The van der Waals surface area contributed by atoms with Gasteiger partial charge in [0.05, 0.1) is 0 Å². The molecule has 0 spiro atoms. The highest BCUT2D eigenvalue weighted by Gasteiger charge is 2.36. The summed E-state index contributed by atoms with van der Waals surface area (Å²) in [7, 11) is 1.94. The van der Waals surface area contributed by atoms with Crippen molar-refractivity contribution in [2.75, 3.05) is 0 Å². The molecule has 2 heterocycles.